The van der Waals surface area contributed by atoms with Crippen molar-refractivity contribution in [2.75, 3.05) is 24.9 Å². The Bertz CT molecular complexity index is 1020. The molecule has 6 nitrogen and oxygen atoms in total. The quantitative estimate of drug-likeness (QED) is 0.698. The SMILES string of the molecule is Cc1ccc(C)c(N(CC(=O)N[C@H](C)c2ccc(C(C)(C)C)cc2)S(=O)(=O)N(C)C)c1. The lowest BCUT2D eigenvalue weighted by Gasteiger charge is -2.29. The van der Waals surface area contributed by atoms with Gasteiger partial charge in [-0.05, 0) is 54.5 Å². The van der Waals surface area contributed by atoms with Gasteiger partial charge in [-0.2, -0.15) is 12.7 Å². The molecule has 0 aliphatic rings. The first-order valence-corrected chi connectivity index (χ1v) is 11.8. The first-order valence-electron chi connectivity index (χ1n) is 10.4. The second kappa shape index (κ2) is 9.40. The molecule has 7 heteroatoms. The molecule has 0 spiro atoms. The molecule has 0 unspecified atom stereocenters. The number of benzene rings is 2. The predicted molar refractivity (Wildman–Crippen MR) is 128 cm³/mol. The third kappa shape index (κ3) is 6.08. The number of carbonyl (C=O) groups excluding carboxylic acids is 1. The molecule has 0 saturated heterocycles. The number of hydrogen-bond donors (Lipinski definition) is 1. The van der Waals surface area contributed by atoms with E-state index in [-0.39, 0.29) is 23.9 Å². The summed E-state index contributed by atoms with van der Waals surface area (Å²) in [5.74, 6) is -0.362. The Balaban J connectivity index is 2.25. The average Bonchev–Trinajstić information content (AvgIpc) is 2.67. The summed E-state index contributed by atoms with van der Waals surface area (Å²) < 4.78 is 28.3. The molecule has 0 bridgehead atoms. The molecule has 1 amide bonds. The highest BCUT2D eigenvalue weighted by molar-refractivity contribution is 7.90. The Kier molecular flexibility index (Phi) is 7.55. The zero-order valence-electron chi connectivity index (χ0n) is 19.9. The largest absolute Gasteiger partial charge is 0.348 e. The summed E-state index contributed by atoms with van der Waals surface area (Å²) in [5, 5.41) is 2.94. The number of carbonyl (C=O) groups is 1. The van der Waals surface area contributed by atoms with Crippen molar-refractivity contribution < 1.29 is 13.2 Å². The van der Waals surface area contributed by atoms with E-state index in [1.807, 2.05) is 45.0 Å². The van der Waals surface area contributed by atoms with Crippen LogP contribution >= 0.6 is 0 Å². The molecule has 2 aromatic carbocycles. The Labute approximate surface area is 187 Å². The Hall–Kier alpha value is -2.38. The van der Waals surface area contributed by atoms with Gasteiger partial charge in [0.1, 0.15) is 6.54 Å². The molecule has 0 saturated carbocycles. The van der Waals surface area contributed by atoms with Crippen LogP contribution in [0.5, 0.6) is 0 Å². The van der Waals surface area contributed by atoms with Crippen molar-refractivity contribution in [3.05, 3.63) is 64.7 Å². The Morgan fingerprint density at radius 3 is 2.13 bits per heavy atom. The highest BCUT2D eigenvalue weighted by Gasteiger charge is 2.29. The maximum atomic E-state index is 13.0. The molecule has 31 heavy (non-hydrogen) atoms. The van der Waals surface area contributed by atoms with E-state index in [0.717, 1.165) is 21.0 Å². The third-order valence-corrected chi connectivity index (χ3v) is 7.12. The highest BCUT2D eigenvalue weighted by atomic mass is 32.2. The standard InChI is InChI=1S/C24H35N3O3S/c1-17-9-10-18(2)22(15-17)27(31(29,30)26(7)8)16-23(28)25-19(3)20-11-13-21(14-12-20)24(4,5)6/h9-15,19H,16H2,1-8H3,(H,25,28)/t19-/m1/s1. The van der Waals surface area contributed by atoms with Crippen molar-refractivity contribution in [3.8, 4) is 0 Å². The summed E-state index contributed by atoms with van der Waals surface area (Å²) in [7, 11) is -0.917. The maximum absolute atomic E-state index is 13.0. The number of hydrogen-bond acceptors (Lipinski definition) is 3. The summed E-state index contributed by atoms with van der Waals surface area (Å²) >= 11 is 0. The molecule has 0 aliphatic carbocycles. The molecule has 0 radical (unpaired) electrons. The Morgan fingerprint density at radius 2 is 1.61 bits per heavy atom. The van der Waals surface area contributed by atoms with Crippen LogP contribution in [0.2, 0.25) is 0 Å². The molecule has 170 valence electrons. The van der Waals surface area contributed by atoms with E-state index >= 15 is 0 Å². The molecule has 1 atom stereocenters. The maximum Gasteiger partial charge on any atom is 0.304 e. The molecule has 0 aromatic heterocycles. The second-order valence-electron chi connectivity index (χ2n) is 9.25. The summed E-state index contributed by atoms with van der Waals surface area (Å²) in [5.41, 5.74) is 4.45. The van der Waals surface area contributed by atoms with Crippen LogP contribution in [0.1, 0.15) is 56.0 Å². The van der Waals surface area contributed by atoms with Crippen LogP contribution in [-0.2, 0) is 20.4 Å². The molecular weight excluding hydrogens is 410 g/mol. The van der Waals surface area contributed by atoms with Crippen LogP contribution < -0.4 is 9.62 Å². The predicted octanol–water partition coefficient (Wildman–Crippen LogP) is 4.09. The van der Waals surface area contributed by atoms with Gasteiger partial charge in [-0.3, -0.25) is 4.79 Å². The summed E-state index contributed by atoms with van der Waals surface area (Å²) in [6, 6.07) is 13.5. The van der Waals surface area contributed by atoms with Crippen molar-refractivity contribution in [1.82, 2.24) is 9.62 Å². The average molecular weight is 446 g/mol. The van der Waals surface area contributed by atoms with Gasteiger partial charge in [0.25, 0.3) is 0 Å². The number of aryl methyl sites for hydroxylation is 2. The van der Waals surface area contributed by atoms with Gasteiger partial charge < -0.3 is 5.32 Å². The molecule has 2 aromatic rings. The normalized spacial score (nSPS) is 13.2. The van der Waals surface area contributed by atoms with Gasteiger partial charge in [-0.15, -0.1) is 0 Å². The van der Waals surface area contributed by atoms with Gasteiger partial charge >= 0.3 is 10.2 Å². The van der Waals surface area contributed by atoms with Gasteiger partial charge in [0.15, 0.2) is 0 Å². The van der Waals surface area contributed by atoms with Crippen molar-refractivity contribution in [1.29, 1.82) is 0 Å². The molecule has 0 heterocycles. The fourth-order valence-corrected chi connectivity index (χ4v) is 4.37. The number of rotatable bonds is 7. The Morgan fingerprint density at radius 1 is 1.03 bits per heavy atom. The van der Waals surface area contributed by atoms with Gasteiger partial charge in [0.05, 0.1) is 11.7 Å². The lowest BCUT2D eigenvalue weighted by Crippen LogP contribution is -2.46. The van der Waals surface area contributed by atoms with Crippen molar-refractivity contribution in [2.45, 2.75) is 53.0 Å². The molecule has 1 N–H and O–H groups in total. The van der Waals surface area contributed by atoms with Crippen molar-refractivity contribution in [2.24, 2.45) is 0 Å². The van der Waals surface area contributed by atoms with E-state index in [9.17, 15) is 13.2 Å². The van der Waals surface area contributed by atoms with Gasteiger partial charge in [0.2, 0.25) is 5.91 Å². The first kappa shape index (κ1) is 24.9. The number of nitrogens with one attached hydrogen (secondary N) is 1. The fraction of sp³-hybridized carbons (Fsp3) is 0.458. The van der Waals surface area contributed by atoms with Crippen LogP contribution in [0.4, 0.5) is 5.69 Å². The molecule has 0 fully saturated rings. The van der Waals surface area contributed by atoms with E-state index in [1.54, 1.807) is 6.07 Å². The van der Waals surface area contributed by atoms with Crippen LogP contribution in [0, 0.1) is 13.8 Å². The minimum absolute atomic E-state index is 0.0533. The van der Waals surface area contributed by atoms with Crippen molar-refractivity contribution in [3.63, 3.8) is 0 Å². The molecule has 2 rings (SSSR count). The van der Waals surface area contributed by atoms with E-state index < -0.39 is 10.2 Å². The topological polar surface area (TPSA) is 69.7 Å². The lowest BCUT2D eigenvalue weighted by atomic mass is 9.86. The molecule has 0 aliphatic heterocycles. The van der Waals surface area contributed by atoms with Gasteiger partial charge in [-0.25, -0.2) is 4.31 Å². The monoisotopic (exact) mass is 445 g/mol. The van der Waals surface area contributed by atoms with E-state index in [2.05, 4.69) is 38.2 Å². The smallest absolute Gasteiger partial charge is 0.304 e. The second-order valence-corrected chi connectivity index (χ2v) is 11.3. The van der Waals surface area contributed by atoms with Gasteiger partial charge in [-0.1, -0.05) is 57.2 Å². The number of amides is 1. The number of nitrogens with zero attached hydrogens (tertiary/aromatic N) is 2. The van der Waals surface area contributed by atoms with Crippen LogP contribution in [0.3, 0.4) is 0 Å². The molecular formula is C24H35N3O3S. The zero-order valence-corrected chi connectivity index (χ0v) is 20.7. The number of anilines is 1. The summed E-state index contributed by atoms with van der Waals surface area (Å²) in [6.07, 6.45) is 0. The first-order chi connectivity index (χ1) is 14.2. The minimum Gasteiger partial charge on any atom is -0.348 e. The van der Waals surface area contributed by atoms with E-state index in [4.69, 9.17) is 0 Å². The zero-order chi connectivity index (χ0) is 23.6. The minimum atomic E-state index is -3.84. The lowest BCUT2D eigenvalue weighted by molar-refractivity contribution is -0.120. The van der Waals surface area contributed by atoms with E-state index in [1.165, 1.54) is 24.0 Å². The highest BCUT2D eigenvalue weighted by Crippen LogP contribution is 2.26. The van der Waals surface area contributed by atoms with Crippen LogP contribution in [0.25, 0.3) is 0 Å². The van der Waals surface area contributed by atoms with Crippen LogP contribution in [0.15, 0.2) is 42.5 Å². The fourth-order valence-electron chi connectivity index (χ4n) is 3.25. The summed E-state index contributed by atoms with van der Waals surface area (Å²) in [6.45, 7) is 11.8. The van der Waals surface area contributed by atoms with Gasteiger partial charge in [0, 0.05) is 14.1 Å². The van der Waals surface area contributed by atoms with E-state index in [0.29, 0.717) is 5.69 Å². The van der Waals surface area contributed by atoms with Crippen molar-refractivity contribution >= 4 is 21.8 Å². The van der Waals surface area contributed by atoms with Crippen LogP contribution in [-0.4, -0.2) is 39.3 Å². The summed E-state index contributed by atoms with van der Waals surface area (Å²) in [4.78, 5) is 12.9. The third-order valence-electron chi connectivity index (χ3n) is 5.31.